The summed E-state index contributed by atoms with van der Waals surface area (Å²) < 4.78 is 0. The molecule has 8 aliphatic carbocycles. The van der Waals surface area contributed by atoms with Crippen LogP contribution in [0, 0.1) is 58.2 Å². The summed E-state index contributed by atoms with van der Waals surface area (Å²) in [6, 6.07) is 0. The van der Waals surface area contributed by atoms with Crippen molar-refractivity contribution >= 4 is 8.58 Å². The molecule has 0 nitrogen and oxygen atoms in total. The lowest BCUT2D eigenvalue weighted by Crippen LogP contribution is -2.59. The molecule has 0 aromatic carbocycles. The molecule has 0 amide bonds. The van der Waals surface area contributed by atoms with E-state index in [1.54, 1.807) is 64.2 Å². The van der Waals surface area contributed by atoms with Crippen LogP contribution in [0.25, 0.3) is 0 Å². The number of rotatable bonds is 2. The van der Waals surface area contributed by atoms with Crippen LogP contribution >= 0.6 is 8.58 Å². The zero-order valence-electron chi connectivity index (χ0n) is 20.2. The molecule has 8 rings (SSSR count). The van der Waals surface area contributed by atoms with Crippen molar-refractivity contribution in [3.05, 3.63) is 0 Å². The second-order valence-corrected chi connectivity index (χ2v) is 17.8. The van der Waals surface area contributed by atoms with Gasteiger partial charge >= 0.3 is 0 Å². The molecule has 0 aromatic rings. The standard InChI is InChI=1S/C28H47P/c1-25(2,3)23-19-7-17-8-20(23)14-27(11-17,13-19)29-28-12-18-9-21(15-28)24(26(4,5)6)22(10-18)16-28/h17-24,29H,7-16H2,1-6H3. The molecule has 0 N–H and O–H groups in total. The summed E-state index contributed by atoms with van der Waals surface area (Å²) in [6.45, 7) is 15.3. The Labute approximate surface area is 182 Å². The van der Waals surface area contributed by atoms with Gasteiger partial charge in [0, 0.05) is 0 Å². The van der Waals surface area contributed by atoms with Crippen LogP contribution in [0.4, 0.5) is 0 Å². The monoisotopic (exact) mass is 414 g/mol. The Balaban J connectivity index is 1.26. The summed E-state index contributed by atoms with van der Waals surface area (Å²) in [7, 11) is 1.32. The molecular weight excluding hydrogens is 367 g/mol. The van der Waals surface area contributed by atoms with E-state index in [2.05, 4.69) is 41.5 Å². The minimum atomic E-state index is 0.535. The molecule has 8 bridgehead atoms. The summed E-state index contributed by atoms with van der Waals surface area (Å²) in [4.78, 5) is 0. The van der Waals surface area contributed by atoms with Gasteiger partial charge in [-0.2, -0.15) is 0 Å². The van der Waals surface area contributed by atoms with E-state index < -0.39 is 0 Å². The van der Waals surface area contributed by atoms with Crippen molar-refractivity contribution in [3.63, 3.8) is 0 Å². The SMILES string of the molecule is CC(C)(C)C1C2CC3CC1CC(PC14CC5CC(C1)C(C(C)(C)C)C(C5)C4)(C3)C2. The minimum Gasteiger partial charge on any atom is -0.109 e. The smallest absolute Gasteiger partial charge is 0.0109 e. The summed E-state index contributed by atoms with van der Waals surface area (Å²) in [6.07, 6.45) is 16.2. The van der Waals surface area contributed by atoms with Gasteiger partial charge in [-0.15, -0.1) is 8.58 Å². The highest BCUT2D eigenvalue weighted by atomic mass is 31.1. The van der Waals surface area contributed by atoms with Gasteiger partial charge in [0.05, 0.1) is 0 Å². The molecule has 29 heavy (non-hydrogen) atoms. The molecule has 164 valence electrons. The van der Waals surface area contributed by atoms with Crippen molar-refractivity contribution < 1.29 is 0 Å². The molecule has 1 heteroatoms. The topological polar surface area (TPSA) is 0 Å². The van der Waals surface area contributed by atoms with E-state index in [0.717, 1.165) is 57.7 Å². The number of hydrogen-bond acceptors (Lipinski definition) is 0. The van der Waals surface area contributed by atoms with Gasteiger partial charge in [0.2, 0.25) is 0 Å². The lowest BCUT2D eigenvalue weighted by atomic mass is 9.47. The number of hydrogen-bond donors (Lipinski definition) is 0. The maximum atomic E-state index is 2.56. The van der Waals surface area contributed by atoms with E-state index in [1.165, 1.54) is 8.58 Å². The summed E-state index contributed by atoms with van der Waals surface area (Å²) in [5.74, 6) is 8.56. The lowest BCUT2D eigenvalue weighted by Gasteiger charge is -2.68. The Morgan fingerprint density at radius 3 is 1.10 bits per heavy atom. The second kappa shape index (κ2) is 6.06. The van der Waals surface area contributed by atoms with Gasteiger partial charge in [-0.25, -0.2) is 0 Å². The van der Waals surface area contributed by atoms with E-state index in [-0.39, 0.29) is 0 Å². The van der Waals surface area contributed by atoms with Crippen LogP contribution in [-0.2, 0) is 0 Å². The fraction of sp³-hybridized carbons (Fsp3) is 1.00. The first-order chi connectivity index (χ1) is 13.5. The first-order valence-electron chi connectivity index (χ1n) is 13.2. The molecule has 8 saturated carbocycles. The van der Waals surface area contributed by atoms with Gasteiger partial charge in [0.1, 0.15) is 0 Å². The highest BCUT2D eigenvalue weighted by Gasteiger charge is 2.63. The maximum Gasteiger partial charge on any atom is -0.0109 e. The molecule has 0 aromatic heterocycles. The molecule has 0 radical (unpaired) electrons. The van der Waals surface area contributed by atoms with Gasteiger partial charge in [0.25, 0.3) is 0 Å². The van der Waals surface area contributed by atoms with Crippen molar-refractivity contribution in [1.82, 2.24) is 0 Å². The third-order valence-electron chi connectivity index (χ3n) is 11.1. The van der Waals surface area contributed by atoms with Crippen LogP contribution in [0.1, 0.15) is 106 Å². The third-order valence-corrected chi connectivity index (χ3v) is 13.4. The predicted octanol–water partition coefficient (Wildman–Crippen LogP) is 8.15. The Morgan fingerprint density at radius 2 is 0.828 bits per heavy atom. The first-order valence-corrected chi connectivity index (χ1v) is 14.2. The Hall–Kier alpha value is 0.430. The van der Waals surface area contributed by atoms with Crippen molar-refractivity contribution in [2.45, 2.75) is 116 Å². The second-order valence-electron chi connectivity index (χ2n) is 15.4. The lowest BCUT2D eigenvalue weighted by molar-refractivity contribution is -0.0798. The van der Waals surface area contributed by atoms with Crippen LogP contribution in [0.2, 0.25) is 0 Å². The fourth-order valence-corrected chi connectivity index (χ4v) is 15.1. The Bertz CT molecular complexity index is 587. The normalized spacial score (nSPS) is 56.1. The Morgan fingerprint density at radius 1 is 0.517 bits per heavy atom. The van der Waals surface area contributed by atoms with Gasteiger partial charge in [-0.05, 0) is 133 Å². The molecule has 8 fully saturated rings. The minimum absolute atomic E-state index is 0.535. The van der Waals surface area contributed by atoms with Crippen LogP contribution in [0.15, 0.2) is 0 Å². The molecular formula is C28H47P. The molecule has 0 spiro atoms. The summed E-state index contributed by atoms with van der Waals surface area (Å²) >= 11 is 0. The molecule has 4 atom stereocenters. The fourth-order valence-electron chi connectivity index (χ4n) is 11.7. The van der Waals surface area contributed by atoms with Crippen LogP contribution in [0.3, 0.4) is 0 Å². The third kappa shape index (κ3) is 3.07. The average molecular weight is 415 g/mol. The van der Waals surface area contributed by atoms with E-state index in [9.17, 15) is 0 Å². The largest absolute Gasteiger partial charge is 0.109 e. The van der Waals surface area contributed by atoms with Crippen molar-refractivity contribution in [2.24, 2.45) is 58.2 Å². The van der Waals surface area contributed by atoms with Crippen molar-refractivity contribution in [3.8, 4) is 0 Å². The summed E-state index contributed by atoms with van der Waals surface area (Å²) in [5, 5.41) is 1.59. The van der Waals surface area contributed by atoms with Crippen LogP contribution in [0.5, 0.6) is 0 Å². The maximum absolute atomic E-state index is 2.56. The van der Waals surface area contributed by atoms with Gasteiger partial charge in [0.15, 0.2) is 0 Å². The van der Waals surface area contributed by atoms with Gasteiger partial charge < -0.3 is 0 Å². The van der Waals surface area contributed by atoms with E-state index >= 15 is 0 Å². The molecule has 4 unspecified atom stereocenters. The highest BCUT2D eigenvalue weighted by Crippen LogP contribution is 2.74. The van der Waals surface area contributed by atoms with Crippen molar-refractivity contribution in [2.75, 3.05) is 0 Å². The molecule has 0 aliphatic heterocycles. The highest BCUT2D eigenvalue weighted by molar-refractivity contribution is 7.42. The van der Waals surface area contributed by atoms with E-state index in [4.69, 9.17) is 0 Å². The molecule has 8 aliphatic rings. The van der Waals surface area contributed by atoms with Crippen molar-refractivity contribution in [1.29, 1.82) is 0 Å². The van der Waals surface area contributed by atoms with E-state index in [0.29, 0.717) is 10.8 Å². The van der Waals surface area contributed by atoms with E-state index in [1.807, 2.05) is 0 Å². The summed E-state index contributed by atoms with van der Waals surface area (Å²) in [5.41, 5.74) is 1.07. The molecule has 0 heterocycles. The first kappa shape index (κ1) is 20.1. The molecule has 0 saturated heterocycles. The van der Waals surface area contributed by atoms with Crippen LogP contribution in [-0.4, -0.2) is 10.3 Å². The van der Waals surface area contributed by atoms with Gasteiger partial charge in [-0.3, -0.25) is 0 Å². The quantitative estimate of drug-likeness (QED) is 0.400. The average Bonchev–Trinajstić information content (AvgIpc) is 2.48. The Kier molecular flexibility index (Phi) is 4.19. The van der Waals surface area contributed by atoms with Crippen LogP contribution < -0.4 is 0 Å². The predicted molar refractivity (Wildman–Crippen MR) is 127 cm³/mol. The zero-order valence-corrected chi connectivity index (χ0v) is 21.2. The zero-order chi connectivity index (χ0) is 20.4. The van der Waals surface area contributed by atoms with Gasteiger partial charge in [-0.1, -0.05) is 41.5 Å².